The van der Waals surface area contributed by atoms with Gasteiger partial charge in [-0.15, -0.1) is 0 Å². The number of halogens is 2. The van der Waals surface area contributed by atoms with E-state index in [4.69, 9.17) is 17.3 Å². The van der Waals surface area contributed by atoms with Gasteiger partial charge in [0.1, 0.15) is 5.82 Å². The monoisotopic (exact) mass is 292 g/mol. The van der Waals surface area contributed by atoms with Gasteiger partial charge < -0.3 is 10.6 Å². The second-order valence-electron chi connectivity index (χ2n) is 4.23. The van der Waals surface area contributed by atoms with Crippen LogP contribution in [0.4, 0.5) is 15.8 Å². The molecule has 0 aliphatic carbocycles. The quantitative estimate of drug-likeness (QED) is 0.876. The largest absolute Gasteiger partial charge is 0.398 e. The van der Waals surface area contributed by atoms with Crippen molar-refractivity contribution in [2.45, 2.75) is 6.92 Å². The molecule has 2 N–H and O–H groups in total. The van der Waals surface area contributed by atoms with Gasteiger partial charge in [0.2, 0.25) is 0 Å². The van der Waals surface area contributed by atoms with E-state index in [0.717, 1.165) is 0 Å². The van der Waals surface area contributed by atoms with Crippen molar-refractivity contribution in [3.05, 3.63) is 58.9 Å². The molecule has 0 spiro atoms. The van der Waals surface area contributed by atoms with Gasteiger partial charge in [0, 0.05) is 17.3 Å². The van der Waals surface area contributed by atoms with Crippen molar-refractivity contribution < 1.29 is 9.18 Å². The lowest BCUT2D eigenvalue weighted by Crippen LogP contribution is -2.32. The van der Waals surface area contributed by atoms with E-state index in [2.05, 4.69) is 0 Å². The van der Waals surface area contributed by atoms with Gasteiger partial charge in [-0.25, -0.2) is 4.39 Å². The van der Waals surface area contributed by atoms with Crippen LogP contribution in [-0.4, -0.2) is 12.5 Å². The Morgan fingerprint density at radius 1 is 1.30 bits per heavy atom. The summed E-state index contributed by atoms with van der Waals surface area (Å²) in [4.78, 5) is 13.9. The van der Waals surface area contributed by atoms with Crippen LogP contribution in [0.15, 0.2) is 42.5 Å². The molecule has 0 saturated carbocycles. The smallest absolute Gasteiger partial charge is 0.260 e. The number of rotatable bonds is 3. The van der Waals surface area contributed by atoms with E-state index in [-0.39, 0.29) is 17.2 Å². The third-order valence-corrected chi connectivity index (χ3v) is 3.19. The van der Waals surface area contributed by atoms with Crippen molar-refractivity contribution in [1.29, 1.82) is 0 Å². The maximum Gasteiger partial charge on any atom is 0.260 e. The Labute approximate surface area is 121 Å². The molecular weight excluding hydrogens is 279 g/mol. The van der Waals surface area contributed by atoms with E-state index in [1.165, 1.54) is 17.0 Å². The first-order chi connectivity index (χ1) is 9.54. The average molecular weight is 293 g/mol. The number of carbonyl (C=O) groups excluding carboxylic acids is 1. The lowest BCUT2D eigenvalue weighted by molar-refractivity contribution is 0.0988. The van der Waals surface area contributed by atoms with Crippen molar-refractivity contribution in [2.75, 3.05) is 17.2 Å². The Morgan fingerprint density at radius 3 is 2.65 bits per heavy atom. The van der Waals surface area contributed by atoms with Crippen LogP contribution in [0.1, 0.15) is 17.3 Å². The SMILES string of the molecule is CCN(C(=O)c1cc(Cl)ccc1N)c1ccccc1F. The highest BCUT2D eigenvalue weighted by molar-refractivity contribution is 6.31. The number of anilines is 2. The van der Waals surface area contributed by atoms with Crippen LogP contribution in [0.5, 0.6) is 0 Å². The Kier molecular flexibility index (Phi) is 4.25. The molecule has 3 nitrogen and oxygen atoms in total. The number of nitrogens with zero attached hydrogens (tertiary/aromatic N) is 1. The zero-order valence-corrected chi connectivity index (χ0v) is 11.7. The number of nitrogens with two attached hydrogens (primary N) is 1. The first-order valence-electron chi connectivity index (χ1n) is 6.16. The van der Waals surface area contributed by atoms with Crippen molar-refractivity contribution in [1.82, 2.24) is 0 Å². The molecule has 104 valence electrons. The van der Waals surface area contributed by atoms with Crippen LogP contribution in [0.3, 0.4) is 0 Å². The maximum absolute atomic E-state index is 13.8. The van der Waals surface area contributed by atoms with E-state index in [1.54, 1.807) is 37.3 Å². The number of hydrogen-bond acceptors (Lipinski definition) is 2. The molecule has 0 unspecified atom stereocenters. The van der Waals surface area contributed by atoms with Gasteiger partial charge in [-0.2, -0.15) is 0 Å². The van der Waals surface area contributed by atoms with Crippen LogP contribution in [0.2, 0.25) is 5.02 Å². The van der Waals surface area contributed by atoms with Gasteiger partial charge in [0.15, 0.2) is 0 Å². The van der Waals surface area contributed by atoms with E-state index < -0.39 is 5.82 Å². The molecule has 2 rings (SSSR count). The molecule has 0 bridgehead atoms. The maximum atomic E-state index is 13.8. The summed E-state index contributed by atoms with van der Waals surface area (Å²) in [5.74, 6) is -0.833. The zero-order chi connectivity index (χ0) is 14.7. The van der Waals surface area contributed by atoms with Gasteiger partial charge in [-0.1, -0.05) is 23.7 Å². The van der Waals surface area contributed by atoms with E-state index in [1.807, 2.05) is 0 Å². The normalized spacial score (nSPS) is 10.3. The number of hydrogen-bond donors (Lipinski definition) is 1. The van der Waals surface area contributed by atoms with Crippen molar-refractivity contribution in [3.63, 3.8) is 0 Å². The third-order valence-electron chi connectivity index (χ3n) is 2.95. The van der Waals surface area contributed by atoms with E-state index >= 15 is 0 Å². The van der Waals surface area contributed by atoms with Crippen LogP contribution in [-0.2, 0) is 0 Å². The molecule has 0 aromatic heterocycles. The molecule has 0 atom stereocenters. The highest BCUT2D eigenvalue weighted by Gasteiger charge is 2.20. The fourth-order valence-electron chi connectivity index (χ4n) is 1.95. The summed E-state index contributed by atoms with van der Waals surface area (Å²) in [6.07, 6.45) is 0. The lowest BCUT2D eigenvalue weighted by atomic mass is 10.1. The first-order valence-corrected chi connectivity index (χ1v) is 6.53. The number of nitrogen functional groups attached to an aromatic ring is 1. The molecular formula is C15H14ClFN2O. The third kappa shape index (κ3) is 2.75. The summed E-state index contributed by atoms with van der Waals surface area (Å²) in [6, 6.07) is 10.8. The summed E-state index contributed by atoms with van der Waals surface area (Å²) < 4.78 is 13.8. The second-order valence-corrected chi connectivity index (χ2v) is 4.67. The Morgan fingerprint density at radius 2 is 2.00 bits per heavy atom. The number of para-hydroxylation sites is 1. The fourth-order valence-corrected chi connectivity index (χ4v) is 2.13. The fraction of sp³-hybridized carbons (Fsp3) is 0.133. The number of benzene rings is 2. The zero-order valence-electron chi connectivity index (χ0n) is 10.9. The minimum Gasteiger partial charge on any atom is -0.398 e. The first kappa shape index (κ1) is 14.3. The molecule has 0 fully saturated rings. The molecule has 5 heteroatoms. The Hall–Kier alpha value is -2.07. The molecule has 0 saturated heterocycles. The minimum absolute atomic E-state index is 0.222. The Bertz CT molecular complexity index is 646. The number of carbonyl (C=O) groups is 1. The topological polar surface area (TPSA) is 46.3 Å². The highest BCUT2D eigenvalue weighted by Crippen LogP contribution is 2.24. The molecule has 1 amide bonds. The summed E-state index contributed by atoms with van der Waals surface area (Å²) in [7, 11) is 0. The van der Waals surface area contributed by atoms with Gasteiger partial charge in [0.25, 0.3) is 5.91 Å². The molecule has 0 radical (unpaired) electrons. The van der Waals surface area contributed by atoms with E-state index in [9.17, 15) is 9.18 Å². The molecule has 20 heavy (non-hydrogen) atoms. The summed E-state index contributed by atoms with van der Waals surface area (Å²) in [5, 5.41) is 0.409. The molecule has 2 aromatic rings. The molecule has 0 aliphatic heterocycles. The lowest BCUT2D eigenvalue weighted by Gasteiger charge is -2.22. The molecule has 0 aliphatic rings. The van der Waals surface area contributed by atoms with Crippen LogP contribution in [0, 0.1) is 5.82 Å². The minimum atomic E-state index is -0.455. The van der Waals surface area contributed by atoms with Crippen molar-refractivity contribution >= 4 is 28.9 Å². The van der Waals surface area contributed by atoms with Gasteiger partial charge in [-0.05, 0) is 37.3 Å². The number of amides is 1. The summed E-state index contributed by atoms with van der Waals surface area (Å²) >= 11 is 5.89. The summed E-state index contributed by atoms with van der Waals surface area (Å²) in [6.45, 7) is 2.09. The molecule has 2 aromatic carbocycles. The Balaban J connectivity index is 2.45. The standard InChI is InChI=1S/C15H14ClFN2O/c1-2-19(14-6-4-3-5-12(14)17)15(20)11-9-10(16)7-8-13(11)18/h3-9H,2,18H2,1H3. The second kappa shape index (κ2) is 5.92. The molecule has 0 heterocycles. The predicted molar refractivity (Wildman–Crippen MR) is 79.6 cm³/mol. The summed E-state index contributed by atoms with van der Waals surface area (Å²) in [5.41, 5.74) is 6.60. The average Bonchev–Trinajstić information content (AvgIpc) is 2.44. The van der Waals surface area contributed by atoms with Gasteiger partial charge >= 0.3 is 0 Å². The van der Waals surface area contributed by atoms with Crippen LogP contribution >= 0.6 is 11.6 Å². The van der Waals surface area contributed by atoms with Crippen LogP contribution in [0.25, 0.3) is 0 Å². The van der Waals surface area contributed by atoms with Crippen molar-refractivity contribution in [2.24, 2.45) is 0 Å². The highest BCUT2D eigenvalue weighted by atomic mass is 35.5. The van der Waals surface area contributed by atoms with Gasteiger partial charge in [0.05, 0.1) is 11.3 Å². The predicted octanol–water partition coefficient (Wildman–Crippen LogP) is 3.73. The van der Waals surface area contributed by atoms with Crippen molar-refractivity contribution in [3.8, 4) is 0 Å². The van der Waals surface area contributed by atoms with Crippen LogP contribution < -0.4 is 10.6 Å². The van der Waals surface area contributed by atoms with Gasteiger partial charge in [-0.3, -0.25) is 4.79 Å². The van der Waals surface area contributed by atoms with E-state index in [0.29, 0.717) is 17.3 Å².